The summed E-state index contributed by atoms with van der Waals surface area (Å²) in [5, 5.41) is 17.1. The van der Waals surface area contributed by atoms with Crippen LogP contribution >= 0.6 is 47.0 Å². The summed E-state index contributed by atoms with van der Waals surface area (Å²) in [7, 11) is 1.51. The Morgan fingerprint density at radius 3 is 2.28 bits per heavy atom. The molecule has 0 aliphatic rings. The molecule has 2 aromatic rings. The van der Waals surface area contributed by atoms with E-state index in [1.807, 2.05) is 0 Å². The number of halogens is 3. The molecule has 4 N–H and O–H groups in total. The summed E-state index contributed by atoms with van der Waals surface area (Å²) < 4.78 is 3.11. The molecule has 1 amide bonds. The van der Waals surface area contributed by atoms with E-state index in [-0.39, 0.29) is 10.7 Å². The van der Waals surface area contributed by atoms with E-state index < -0.39 is 21.8 Å². The van der Waals surface area contributed by atoms with Crippen molar-refractivity contribution in [3.05, 3.63) is 59.7 Å². The van der Waals surface area contributed by atoms with E-state index in [1.54, 1.807) is 36.4 Å². The van der Waals surface area contributed by atoms with Crippen LogP contribution in [0.15, 0.2) is 48.5 Å². The molecule has 0 heterocycles. The maximum absolute atomic E-state index is 12.5. The van der Waals surface area contributed by atoms with Gasteiger partial charge in [-0.3, -0.25) is 4.79 Å². The minimum absolute atomic E-state index is 0.0129. The van der Waals surface area contributed by atoms with E-state index in [2.05, 4.69) is 16.0 Å². The minimum atomic E-state index is -1.93. The van der Waals surface area contributed by atoms with Gasteiger partial charge in [-0.05, 0) is 54.7 Å². The average molecular weight is 477 g/mol. The number of benzene rings is 2. The van der Waals surface area contributed by atoms with Crippen LogP contribution in [0.4, 0.5) is 5.69 Å². The van der Waals surface area contributed by atoms with Crippen molar-refractivity contribution in [3.8, 4) is 5.75 Å². The predicted molar refractivity (Wildman–Crippen MR) is 117 cm³/mol. The first kappa shape index (κ1) is 23.0. The van der Waals surface area contributed by atoms with Gasteiger partial charge in [-0.2, -0.15) is 0 Å². The number of hydrogen-bond acceptors (Lipinski definition) is 4. The molecule has 0 saturated heterocycles. The van der Waals surface area contributed by atoms with Gasteiger partial charge >= 0.3 is 5.97 Å². The third-order valence-corrected chi connectivity index (χ3v) is 4.47. The van der Waals surface area contributed by atoms with Crippen LogP contribution in [0.1, 0.15) is 20.7 Å². The number of carboxylic acid groups (broad SMARTS) is 1. The average Bonchev–Trinajstić information content (AvgIpc) is 2.66. The van der Waals surface area contributed by atoms with Gasteiger partial charge < -0.3 is 25.8 Å². The number of rotatable bonds is 6. The highest BCUT2D eigenvalue weighted by atomic mass is 35.6. The van der Waals surface area contributed by atoms with Gasteiger partial charge in [0.05, 0.1) is 12.7 Å². The number of anilines is 1. The summed E-state index contributed by atoms with van der Waals surface area (Å²) >= 11 is 23.1. The van der Waals surface area contributed by atoms with E-state index in [1.165, 1.54) is 19.2 Å². The number of alkyl halides is 3. The van der Waals surface area contributed by atoms with Crippen molar-refractivity contribution < 1.29 is 19.4 Å². The summed E-state index contributed by atoms with van der Waals surface area (Å²) in [5.74, 6) is -1.00. The Hall–Kier alpha value is -2.26. The lowest BCUT2D eigenvalue weighted by atomic mass is 10.2. The van der Waals surface area contributed by atoms with Crippen molar-refractivity contribution in [2.24, 2.45) is 0 Å². The summed E-state index contributed by atoms with van der Waals surface area (Å²) in [5.41, 5.74) is 0.801. The molecule has 2 aromatic carbocycles. The van der Waals surface area contributed by atoms with Crippen LogP contribution in [0.2, 0.25) is 0 Å². The van der Waals surface area contributed by atoms with Gasteiger partial charge in [0.1, 0.15) is 11.9 Å². The Morgan fingerprint density at radius 2 is 1.72 bits per heavy atom. The number of amides is 1. The number of carbonyl (C=O) groups is 2. The summed E-state index contributed by atoms with van der Waals surface area (Å²) in [6.45, 7) is 0. The molecular weight excluding hydrogens is 461 g/mol. The fourth-order valence-corrected chi connectivity index (χ4v) is 2.75. The second-order valence-electron chi connectivity index (χ2n) is 5.66. The molecule has 0 aliphatic carbocycles. The van der Waals surface area contributed by atoms with Crippen molar-refractivity contribution in [2.45, 2.75) is 9.96 Å². The first-order valence-electron chi connectivity index (χ1n) is 8.02. The standard InChI is InChI=1S/C18H16Cl3N3O4S/c1-28-13-7-5-10(6-8-13)14(25)23-16(18(19,20)21)24-17(29)22-12-4-2-3-11(9-12)15(26)27/h2-9,16H,1H3,(H,23,25)(H,26,27)(H2,22,24,29)/t16-/m1/s1. The van der Waals surface area contributed by atoms with Crippen LogP contribution in [0.5, 0.6) is 5.75 Å². The second kappa shape index (κ2) is 9.98. The van der Waals surface area contributed by atoms with Crippen LogP contribution in [0.3, 0.4) is 0 Å². The first-order valence-corrected chi connectivity index (χ1v) is 9.57. The second-order valence-corrected chi connectivity index (χ2v) is 8.44. The Bertz CT molecular complexity index is 904. The molecule has 1 atom stereocenters. The van der Waals surface area contributed by atoms with Gasteiger partial charge in [-0.25, -0.2) is 4.79 Å². The zero-order chi connectivity index (χ0) is 21.6. The fourth-order valence-electron chi connectivity index (χ4n) is 2.18. The predicted octanol–water partition coefficient (Wildman–Crippen LogP) is 3.81. The smallest absolute Gasteiger partial charge is 0.335 e. The van der Waals surface area contributed by atoms with Crippen molar-refractivity contribution >= 4 is 69.7 Å². The first-order chi connectivity index (χ1) is 13.6. The molecule has 0 aromatic heterocycles. The van der Waals surface area contributed by atoms with E-state index in [0.29, 0.717) is 17.0 Å². The third kappa shape index (κ3) is 6.93. The van der Waals surface area contributed by atoms with Gasteiger partial charge in [0.25, 0.3) is 5.91 Å². The van der Waals surface area contributed by atoms with Crippen LogP contribution < -0.4 is 20.7 Å². The fraction of sp³-hybridized carbons (Fsp3) is 0.167. The highest BCUT2D eigenvalue weighted by molar-refractivity contribution is 7.80. The van der Waals surface area contributed by atoms with Crippen LogP contribution in [-0.2, 0) is 0 Å². The third-order valence-electron chi connectivity index (χ3n) is 3.60. The topological polar surface area (TPSA) is 99.7 Å². The quantitative estimate of drug-likeness (QED) is 0.286. The minimum Gasteiger partial charge on any atom is -0.497 e. The Kier molecular flexibility index (Phi) is 7.92. The molecular formula is C18H16Cl3N3O4S. The van der Waals surface area contributed by atoms with E-state index >= 15 is 0 Å². The molecule has 0 fully saturated rings. The molecule has 2 rings (SSSR count). The van der Waals surface area contributed by atoms with Crippen LogP contribution in [0, 0.1) is 0 Å². The number of carboxylic acids is 1. The van der Waals surface area contributed by atoms with Crippen LogP contribution in [0.25, 0.3) is 0 Å². The van der Waals surface area contributed by atoms with Gasteiger partial charge in [-0.1, -0.05) is 40.9 Å². The summed E-state index contributed by atoms with van der Waals surface area (Å²) in [6, 6.07) is 12.3. The van der Waals surface area contributed by atoms with Crippen molar-refractivity contribution in [2.75, 3.05) is 12.4 Å². The van der Waals surface area contributed by atoms with Gasteiger partial charge in [-0.15, -0.1) is 0 Å². The van der Waals surface area contributed by atoms with Gasteiger partial charge in [0, 0.05) is 11.3 Å². The number of nitrogens with one attached hydrogen (secondary N) is 3. The normalized spacial score (nSPS) is 11.9. The number of aromatic carboxylic acids is 1. The van der Waals surface area contributed by atoms with E-state index in [9.17, 15) is 9.59 Å². The molecule has 0 aliphatic heterocycles. The van der Waals surface area contributed by atoms with E-state index in [0.717, 1.165) is 0 Å². The maximum Gasteiger partial charge on any atom is 0.335 e. The summed E-state index contributed by atoms with van der Waals surface area (Å²) in [4.78, 5) is 23.5. The van der Waals surface area contributed by atoms with E-state index in [4.69, 9.17) is 56.9 Å². The number of thiocarbonyl (C=S) groups is 1. The largest absolute Gasteiger partial charge is 0.497 e. The highest BCUT2D eigenvalue weighted by Crippen LogP contribution is 2.29. The lowest BCUT2D eigenvalue weighted by Gasteiger charge is -2.27. The molecule has 0 unspecified atom stereocenters. The Balaban J connectivity index is 2.08. The molecule has 0 radical (unpaired) electrons. The van der Waals surface area contributed by atoms with Gasteiger partial charge in [0.2, 0.25) is 3.79 Å². The summed E-state index contributed by atoms with van der Waals surface area (Å²) in [6.07, 6.45) is -1.18. The molecule has 0 spiro atoms. The monoisotopic (exact) mass is 475 g/mol. The molecule has 0 saturated carbocycles. The molecule has 11 heteroatoms. The zero-order valence-electron chi connectivity index (χ0n) is 14.9. The van der Waals surface area contributed by atoms with Crippen LogP contribution in [-0.4, -0.2) is 39.2 Å². The Morgan fingerprint density at radius 1 is 1.07 bits per heavy atom. The number of ether oxygens (including phenoxy) is 1. The number of carbonyl (C=O) groups excluding carboxylic acids is 1. The molecule has 29 heavy (non-hydrogen) atoms. The highest BCUT2D eigenvalue weighted by Gasteiger charge is 2.35. The van der Waals surface area contributed by atoms with Gasteiger partial charge in [0.15, 0.2) is 5.11 Å². The van der Waals surface area contributed by atoms with Crippen molar-refractivity contribution in [1.29, 1.82) is 0 Å². The Labute approximate surface area is 187 Å². The molecule has 0 bridgehead atoms. The number of methoxy groups -OCH3 is 1. The molecule has 7 nitrogen and oxygen atoms in total. The van der Waals surface area contributed by atoms with Crippen molar-refractivity contribution in [1.82, 2.24) is 10.6 Å². The zero-order valence-corrected chi connectivity index (χ0v) is 18.0. The number of hydrogen-bond donors (Lipinski definition) is 4. The van der Waals surface area contributed by atoms with Crippen molar-refractivity contribution in [3.63, 3.8) is 0 Å². The lowest BCUT2D eigenvalue weighted by molar-refractivity contribution is 0.0696. The maximum atomic E-state index is 12.5. The molecule has 154 valence electrons. The lowest BCUT2D eigenvalue weighted by Crippen LogP contribution is -2.56. The SMILES string of the molecule is COc1ccc(C(=O)N[C@H](NC(=S)Nc2cccc(C(=O)O)c2)C(Cl)(Cl)Cl)cc1.